The zero-order valence-corrected chi connectivity index (χ0v) is 20.6. The smallest absolute Gasteiger partial charge is 0.310 e. The number of anilines is 1. The first kappa shape index (κ1) is 23.1. The molecule has 37 heavy (non-hydrogen) atoms. The predicted octanol–water partition coefficient (Wildman–Crippen LogP) is 4.23. The number of phenols is 1. The van der Waals surface area contributed by atoms with Gasteiger partial charge in [-0.3, -0.25) is 4.79 Å². The van der Waals surface area contributed by atoms with Gasteiger partial charge in [0.1, 0.15) is 5.75 Å². The summed E-state index contributed by atoms with van der Waals surface area (Å²) in [6.45, 7) is 0.409. The molecule has 0 radical (unpaired) electrons. The summed E-state index contributed by atoms with van der Waals surface area (Å²) in [7, 11) is 4.69. The molecule has 3 aromatic carbocycles. The Morgan fingerprint density at radius 1 is 0.865 bits per heavy atom. The van der Waals surface area contributed by atoms with Gasteiger partial charge < -0.3 is 38.8 Å². The van der Waals surface area contributed by atoms with Crippen molar-refractivity contribution in [1.82, 2.24) is 0 Å². The molecular weight excluding hydrogens is 478 g/mol. The molecule has 0 amide bonds. The Morgan fingerprint density at radius 2 is 1.51 bits per heavy atom. The van der Waals surface area contributed by atoms with Crippen LogP contribution < -0.4 is 29.0 Å². The van der Waals surface area contributed by atoms with Crippen molar-refractivity contribution in [1.29, 1.82) is 0 Å². The van der Waals surface area contributed by atoms with Gasteiger partial charge in [0.25, 0.3) is 0 Å². The molecule has 0 saturated carbocycles. The number of fused-ring (bicyclic) bond motifs is 3. The number of ether oxygens (including phenoxy) is 6. The average Bonchev–Trinajstić information content (AvgIpc) is 3.54. The highest BCUT2D eigenvalue weighted by Gasteiger charge is 2.52. The van der Waals surface area contributed by atoms with Gasteiger partial charge in [-0.1, -0.05) is 0 Å². The van der Waals surface area contributed by atoms with Crippen LogP contribution in [0.3, 0.4) is 0 Å². The molecular formula is C28H27NO8. The fraction of sp³-hybridized carbons (Fsp3) is 0.321. The van der Waals surface area contributed by atoms with E-state index in [4.69, 9.17) is 28.4 Å². The second kappa shape index (κ2) is 8.99. The van der Waals surface area contributed by atoms with Crippen molar-refractivity contribution in [2.45, 2.75) is 12.0 Å². The molecule has 2 aliphatic heterocycles. The van der Waals surface area contributed by atoms with Gasteiger partial charge in [-0.05, 0) is 65.2 Å². The number of carbonyl (C=O) groups is 1. The summed E-state index contributed by atoms with van der Waals surface area (Å²) in [4.78, 5) is 13.3. The van der Waals surface area contributed by atoms with Crippen LogP contribution in [0.1, 0.15) is 28.7 Å². The van der Waals surface area contributed by atoms with E-state index < -0.39 is 5.92 Å². The molecule has 0 unspecified atom stereocenters. The van der Waals surface area contributed by atoms with Crippen molar-refractivity contribution in [3.05, 3.63) is 65.2 Å². The minimum Gasteiger partial charge on any atom is -0.508 e. The maximum atomic E-state index is 13.3. The summed E-state index contributed by atoms with van der Waals surface area (Å²) >= 11 is 0. The van der Waals surface area contributed by atoms with Crippen molar-refractivity contribution in [3.8, 4) is 34.5 Å². The Hall–Kier alpha value is -4.27. The van der Waals surface area contributed by atoms with Crippen LogP contribution in [0.2, 0.25) is 0 Å². The Kier molecular flexibility index (Phi) is 5.62. The van der Waals surface area contributed by atoms with E-state index in [-0.39, 0.29) is 43.0 Å². The first-order valence-corrected chi connectivity index (χ1v) is 12.0. The van der Waals surface area contributed by atoms with Crippen molar-refractivity contribution < 1.29 is 38.3 Å². The first-order chi connectivity index (χ1) is 18.0. The highest BCUT2D eigenvalue weighted by molar-refractivity contribution is 5.79. The monoisotopic (exact) mass is 505 g/mol. The molecule has 0 spiro atoms. The topological polar surface area (TPSA) is 105 Å². The van der Waals surface area contributed by atoms with Gasteiger partial charge in [0.05, 0.1) is 39.9 Å². The van der Waals surface area contributed by atoms with E-state index in [2.05, 4.69) is 5.32 Å². The van der Waals surface area contributed by atoms with E-state index in [1.54, 1.807) is 45.6 Å². The molecule has 0 bridgehead atoms. The molecule has 3 aliphatic rings. The normalized spacial score (nSPS) is 23.1. The first-order valence-electron chi connectivity index (χ1n) is 12.0. The van der Waals surface area contributed by atoms with Gasteiger partial charge in [-0.25, -0.2) is 0 Å². The molecule has 6 rings (SSSR count). The van der Waals surface area contributed by atoms with E-state index >= 15 is 0 Å². The number of nitrogens with one attached hydrogen (secondary N) is 1. The predicted molar refractivity (Wildman–Crippen MR) is 133 cm³/mol. The van der Waals surface area contributed by atoms with Gasteiger partial charge in [-0.2, -0.15) is 0 Å². The number of hydrogen-bond donors (Lipinski definition) is 2. The summed E-state index contributed by atoms with van der Waals surface area (Å²) in [6, 6.07) is 14.3. The van der Waals surface area contributed by atoms with Crippen molar-refractivity contribution in [2.75, 3.05) is 40.0 Å². The Balaban J connectivity index is 1.54. The number of methoxy groups -OCH3 is 3. The molecule has 4 atom stereocenters. The van der Waals surface area contributed by atoms with Gasteiger partial charge in [0.15, 0.2) is 23.0 Å². The molecule has 2 N–H and O–H groups in total. The molecule has 1 aliphatic carbocycles. The second-order valence-corrected chi connectivity index (χ2v) is 9.26. The number of benzene rings is 3. The van der Waals surface area contributed by atoms with Crippen molar-refractivity contribution in [3.63, 3.8) is 0 Å². The molecule has 192 valence electrons. The number of carbonyl (C=O) groups excluding carboxylic acids is 1. The standard InChI is InChI=1S/C28H27NO8/c1-32-22-8-14(9-23(33-2)27(22)34-3)24-17-10-20-21(37-13-36-20)11-18(17)26(19-12-35-28(31)25(19)24)29-15-4-6-16(30)7-5-15/h4-11,19,24-26,29-30H,12-13H2,1-3H3/t19-,24+,25-,26+/m0/s1. The number of rotatable bonds is 6. The van der Waals surface area contributed by atoms with Crippen LogP contribution in [0, 0.1) is 11.8 Å². The number of esters is 1. The van der Waals surface area contributed by atoms with Crippen LogP contribution in [0.25, 0.3) is 0 Å². The zero-order valence-electron chi connectivity index (χ0n) is 20.6. The lowest BCUT2D eigenvalue weighted by Gasteiger charge is -2.40. The minimum atomic E-state index is -0.467. The van der Waals surface area contributed by atoms with Crippen LogP contribution in [-0.4, -0.2) is 45.8 Å². The number of phenolic OH excluding ortho intramolecular Hbond substituents is 1. The summed E-state index contributed by atoms with van der Waals surface area (Å²) in [5.41, 5.74) is 3.56. The van der Waals surface area contributed by atoms with Crippen molar-refractivity contribution >= 4 is 11.7 Å². The lowest BCUT2D eigenvalue weighted by Crippen LogP contribution is -2.37. The van der Waals surface area contributed by atoms with Crippen LogP contribution >= 0.6 is 0 Å². The highest BCUT2D eigenvalue weighted by Crippen LogP contribution is 2.56. The lowest BCUT2D eigenvalue weighted by molar-refractivity contribution is -0.141. The summed E-state index contributed by atoms with van der Waals surface area (Å²) in [5.74, 6) is 1.71. The van der Waals surface area contributed by atoms with E-state index in [0.717, 1.165) is 22.4 Å². The number of aromatic hydroxyl groups is 1. The minimum absolute atomic E-state index is 0.137. The molecule has 9 nitrogen and oxygen atoms in total. The largest absolute Gasteiger partial charge is 0.508 e. The van der Waals surface area contributed by atoms with E-state index in [0.29, 0.717) is 28.7 Å². The van der Waals surface area contributed by atoms with Gasteiger partial charge >= 0.3 is 5.97 Å². The summed E-state index contributed by atoms with van der Waals surface area (Å²) in [5, 5.41) is 13.3. The van der Waals surface area contributed by atoms with Gasteiger partial charge in [0.2, 0.25) is 12.5 Å². The van der Waals surface area contributed by atoms with Crippen LogP contribution in [-0.2, 0) is 9.53 Å². The quantitative estimate of drug-likeness (QED) is 0.376. The third kappa shape index (κ3) is 3.73. The Labute approximate surface area is 213 Å². The lowest BCUT2D eigenvalue weighted by atomic mass is 9.65. The van der Waals surface area contributed by atoms with Gasteiger partial charge in [0, 0.05) is 17.5 Å². The maximum Gasteiger partial charge on any atom is 0.310 e. The van der Waals surface area contributed by atoms with E-state index in [1.807, 2.05) is 24.3 Å². The Bertz CT molecular complexity index is 1330. The second-order valence-electron chi connectivity index (χ2n) is 9.26. The Morgan fingerprint density at radius 3 is 2.14 bits per heavy atom. The third-order valence-corrected chi connectivity index (χ3v) is 7.42. The number of cyclic esters (lactones) is 1. The molecule has 3 aromatic rings. The summed E-state index contributed by atoms with van der Waals surface area (Å²) in [6.07, 6.45) is 0. The fourth-order valence-electron chi connectivity index (χ4n) is 5.77. The third-order valence-electron chi connectivity index (χ3n) is 7.42. The SMILES string of the molecule is COc1cc([C@@H]2c3cc4c(cc3[C@@H](Nc3ccc(O)cc3)[C@H]3COC(=O)[C@H]23)OCO4)cc(OC)c1OC. The van der Waals surface area contributed by atoms with Crippen LogP contribution in [0.4, 0.5) is 5.69 Å². The van der Waals surface area contributed by atoms with E-state index in [9.17, 15) is 9.90 Å². The molecule has 1 saturated heterocycles. The number of hydrogen-bond acceptors (Lipinski definition) is 9. The fourth-order valence-corrected chi connectivity index (χ4v) is 5.77. The van der Waals surface area contributed by atoms with Crippen LogP contribution in [0.15, 0.2) is 48.5 Å². The molecule has 2 heterocycles. The van der Waals surface area contributed by atoms with Crippen molar-refractivity contribution in [2.24, 2.45) is 11.8 Å². The van der Waals surface area contributed by atoms with Crippen LogP contribution in [0.5, 0.6) is 34.5 Å². The molecule has 1 fully saturated rings. The molecule has 9 heteroatoms. The maximum absolute atomic E-state index is 13.3. The molecule has 0 aromatic heterocycles. The van der Waals surface area contributed by atoms with Gasteiger partial charge in [-0.15, -0.1) is 0 Å². The highest BCUT2D eigenvalue weighted by atomic mass is 16.7. The van der Waals surface area contributed by atoms with E-state index in [1.165, 1.54) is 0 Å². The average molecular weight is 506 g/mol. The summed E-state index contributed by atoms with van der Waals surface area (Å²) < 4.78 is 33.9. The zero-order chi connectivity index (χ0) is 25.7.